The molecule has 0 spiro atoms. The van der Waals surface area contributed by atoms with Crippen LogP contribution in [0.25, 0.3) is 17.2 Å². The molecule has 0 radical (unpaired) electrons. The fourth-order valence-electron chi connectivity index (χ4n) is 2.27. The summed E-state index contributed by atoms with van der Waals surface area (Å²) >= 11 is 0. The van der Waals surface area contributed by atoms with Gasteiger partial charge in [0.05, 0.1) is 13.7 Å². The molecule has 1 N–H and O–H groups in total. The van der Waals surface area contributed by atoms with E-state index in [4.69, 9.17) is 9.84 Å². The van der Waals surface area contributed by atoms with Crippen molar-refractivity contribution in [2.45, 2.75) is 19.8 Å². The summed E-state index contributed by atoms with van der Waals surface area (Å²) in [6.07, 6.45) is 3.64. The molecule has 0 heterocycles. The quantitative estimate of drug-likeness (QED) is 0.875. The minimum Gasteiger partial charge on any atom is -0.496 e. The molecule has 0 aromatic heterocycles. The maximum absolute atomic E-state index is 8.81. The van der Waals surface area contributed by atoms with Crippen LogP contribution in [0, 0.1) is 0 Å². The van der Waals surface area contributed by atoms with Crippen molar-refractivity contribution in [1.29, 1.82) is 0 Å². The van der Waals surface area contributed by atoms with Crippen molar-refractivity contribution >= 4 is 6.08 Å². The second-order valence-electron chi connectivity index (χ2n) is 5.32. The number of hydrogen-bond acceptors (Lipinski definition) is 2. The summed E-state index contributed by atoms with van der Waals surface area (Å²) in [5.41, 5.74) is 4.62. The van der Waals surface area contributed by atoms with Gasteiger partial charge in [0.25, 0.3) is 0 Å². The van der Waals surface area contributed by atoms with Crippen LogP contribution >= 0.6 is 0 Å². The lowest BCUT2D eigenvalue weighted by molar-refractivity contribution is 0.343. The minimum atomic E-state index is 0.0615. The first kappa shape index (κ1) is 15.3. The van der Waals surface area contributed by atoms with E-state index in [1.807, 2.05) is 24.3 Å². The molecule has 0 aliphatic rings. The first-order valence-electron chi connectivity index (χ1n) is 7.21. The van der Waals surface area contributed by atoms with Crippen LogP contribution < -0.4 is 4.74 Å². The molecule has 21 heavy (non-hydrogen) atoms. The van der Waals surface area contributed by atoms with Gasteiger partial charge in [0.2, 0.25) is 0 Å². The Kier molecular flexibility index (Phi) is 5.18. The highest BCUT2D eigenvalue weighted by atomic mass is 16.5. The smallest absolute Gasteiger partial charge is 0.126 e. The highest BCUT2D eigenvalue weighted by molar-refractivity contribution is 5.72. The Morgan fingerprint density at radius 2 is 1.81 bits per heavy atom. The van der Waals surface area contributed by atoms with E-state index in [1.54, 1.807) is 13.2 Å². The Labute approximate surface area is 126 Å². The Bertz CT molecular complexity index is 610. The Morgan fingerprint density at radius 3 is 2.38 bits per heavy atom. The molecule has 0 aliphatic carbocycles. The zero-order valence-electron chi connectivity index (χ0n) is 12.8. The molecule has 0 fully saturated rings. The van der Waals surface area contributed by atoms with E-state index < -0.39 is 0 Å². The molecule has 0 unspecified atom stereocenters. The molecule has 2 aromatic rings. The average Bonchev–Trinajstić information content (AvgIpc) is 2.52. The second kappa shape index (κ2) is 7.09. The van der Waals surface area contributed by atoms with E-state index in [0.717, 1.165) is 22.4 Å². The Hall–Kier alpha value is -2.06. The standard InChI is InChI=1S/C19H22O2/c1-14(2)17-10-11-19(21-3)18(13-17)16-8-6-15(7-9-16)5-4-12-20/h4-11,13-14,20H,12H2,1-3H3. The largest absolute Gasteiger partial charge is 0.496 e. The molecule has 0 amide bonds. The van der Waals surface area contributed by atoms with Crippen LogP contribution in [-0.2, 0) is 0 Å². The molecular formula is C19H22O2. The van der Waals surface area contributed by atoms with E-state index in [0.29, 0.717) is 5.92 Å². The maximum Gasteiger partial charge on any atom is 0.126 e. The van der Waals surface area contributed by atoms with Gasteiger partial charge in [0.1, 0.15) is 5.75 Å². The van der Waals surface area contributed by atoms with E-state index >= 15 is 0 Å². The molecule has 0 saturated carbocycles. The van der Waals surface area contributed by atoms with E-state index in [1.165, 1.54) is 5.56 Å². The zero-order valence-corrected chi connectivity index (χ0v) is 12.8. The monoisotopic (exact) mass is 282 g/mol. The molecule has 2 rings (SSSR count). The van der Waals surface area contributed by atoms with Gasteiger partial charge in [-0.2, -0.15) is 0 Å². The van der Waals surface area contributed by atoms with Crippen molar-refractivity contribution in [2.24, 2.45) is 0 Å². The minimum absolute atomic E-state index is 0.0615. The van der Waals surface area contributed by atoms with Gasteiger partial charge in [0.15, 0.2) is 0 Å². The lowest BCUT2D eigenvalue weighted by Crippen LogP contribution is -1.92. The van der Waals surface area contributed by atoms with Crippen LogP contribution in [0.1, 0.15) is 30.9 Å². The summed E-state index contributed by atoms with van der Waals surface area (Å²) in [5.74, 6) is 1.37. The van der Waals surface area contributed by atoms with Crippen LogP contribution in [0.3, 0.4) is 0 Å². The molecule has 2 heteroatoms. The average molecular weight is 282 g/mol. The number of methoxy groups -OCH3 is 1. The number of ether oxygens (including phenoxy) is 1. The van der Waals surface area contributed by atoms with Crippen molar-refractivity contribution in [1.82, 2.24) is 0 Å². The van der Waals surface area contributed by atoms with E-state index in [-0.39, 0.29) is 6.61 Å². The summed E-state index contributed by atoms with van der Waals surface area (Å²) in [5, 5.41) is 8.81. The third-order valence-corrected chi connectivity index (χ3v) is 3.53. The van der Waals surface area contributed by atoms with Crippen molar-refractivity contribution in [3.8, 4) is 16.9 Å². The SMILES string of the molecule is COc1ccc(C(C)C)cc1-c1ccc(C=CCO)cc1. The van der Waals surface area contributed by atoms with Crippen molar-refractivity contribution in [3.63, 3.8) is 0 Å². The topological polar surface area (TPSA) is 29.5 Å². The third kappa shape index (κ3) is 3.73. The van der Waals surface area contributed by atoms with Crippen LogP contribution in [0.5, 0.6) is 5.75 Å². The zero-order chi connectivity index (χ0) is 15.2. The normalized spacial score (nSPS) is 11.3. The van der Waals surface area contributed by atoms with Gasteiger partial charge in [-0.05, 0) is 34.7 Å². The highest BCUT2D eigenvalue weighted by Gasteiger charge is 2.08. The van der Waals surface area contributed by atoms with Gasteiger partial charge >= 0.3 is 0 Å². The van der Waals surface area contributed by atoms with Gasteiger partial charge in [-0.15, -0.1) is 0 Å². The summed E-state index contributed by atoms with van der Waals surface area (Å²) in [4.78, 5) is 0. The molecule has 2 aromatic carbocycles. The summed E-state index contributed by atoms with van der Waals surface area (Å²) < 4.78 is 5.48. The lowest BCUT2D eigenvalue weighted by Gasteiger charge is -2.13. The first-order chi connectivity index (χ1) is 10.2. The fourth-order valence-corrected chi connectivity index (χ4v) is 2.27. The molecule has 110 valence electrons. The van der Waals surface area contributed by atoms with Gasteiger partial charge in [-0.25, -0.2) is 0 Å². The van der Waals surface area contributed by atoms with Gasteiger partial charge in [-0.1, -0.05) is 56.3 Å². The predicted octanol–water partition coefficient (Wildman–Crippen LogP) is 4.49. The summed E-state index contributed by atoms with van der Waals surface area (Å²) in [6.45, 7) is 4.44. The summed E-state index contributed by atoms with van der Waals surface area (Å²) in [7, 11) is 1.70. The maximum atomic E-state index is 8.81. The number of rotatable bonds is 5. The van der Waals surface area contributed by atoms with Crippen molar-refractivity contribution in [3.05, 3.63) is 59.7 Å². The second-order valence-corrected chi connectivity index (χ2v) is 5.32. The Morgan fingerprint density at radius 1 is 1.10 bits per heavy atom. The molecule has 0 atom stereocenters. The number of benzene rings is 2. The molecule has 0 saturated heterocycles. The Balaban J connectivity index is 2.40. The highest BCUT2D eigenvalue weighted by Crippen LogP contribution is 2.33. The van der Waals surface area contributed by atoms with Crippen molar-refractivity contribution < 1.29 is 9.84 Å². The molecule has 0 aliphatic heterocycles. The molecule has 0 bridgehead atoms. The van der Waals surface area contributed by atoms with Crippen LogP contribution in [0.2, 0.25) is 0 Å². The predicted molar refractivity (Wildman–Crippen MR) is 88.6 cm³/mol. The summed E-state index contributed by atoms with van der Waals surface area (Å²) in [6, 6.07) is 14.6. The number of aliphatic hydroxyl groups excluding tert-OH is 1. The number of aliphatic hydroxyl groups is 1. The van der Waals surface area contributed by atoms with E-state index in [2.05, 4.69) is 38.1 Å². The number of hydrogen-bond donors (Lipinski definition) is 1. The fraction of sp³-hybridized carbons (Fsp3) is 0.263. The molecular weight excluding hydrogens is 260 g/mol. The molecule has 2 nitrogen and oxygen atoms in total. The van der Waals surface area contributed by atoms with E-state index in [9.17, 15) is 0 Å². The van der Waals surface area contributed by atoms with Crippen LogP contribution in [-0.4, -0.2) is 18.8 Å². The lowest BCUT2D eigenvalue weighted by atomic mass is 9.96. The van der Waals surface area contributed by atoms with Gasteiger partial charge in [-0.3, -0.25) is 0 Å². The van der Waals surface area contributed by atoms with Gasteiger partial charge in [0, 0.05) is 5.56 Å². The van der Waals surface area contributed by atoms with Crippen LogP contribution in [0.4, 0.5) is 0 Å². The third-order valence-electron chi connectivity index (χ3n) is 3.53. The first-order valence-corrected chi connectivity index (χ1v) is 7.21. The van der Waals surface area contributed by atoms with Crippen molar-refractivity contribution in [2.75, 3.05) is 13.7 Å². The van der Waals surface area contributed by atoms with Gasteiger partial charge < -0.3 is 9.84 Å². The van der Waals surface area contributed by atoms with Crippen LogP contribution in [0.15, 0.2) is 48.5 Å².